The standard InChI is InChI=1S/C20H20Cl2N2OS/c21-20(22)11-16(20)13-26-18-8-4-3-7-17(18)23-19(25)24-10-9-14-5-1-2-6-15(14)12-24/h1-8,16H,9-13H2,(H,23,25). The van der Waals surface area contributed by atoms with Crippen LogP contribution in [0.15, 0.2) is 53.4 Å². The van der Waals surface area contributed by atoms with Gasteiger partial charge in [-0.1, -0.05) is 36.4 Å². The van der Waals surface area contributed by atoms with Gasteiger partial charge in [-0.3, -0.25) is 0 Å². The van der Waals surface area contributed by atoms with Gasteiger partial charge in [-0.2, -0.15) is 0 Å². The van der Waals surface area contributed by atoms with Gasteiger partial charge in [0.15, 0.2) is 0 Å². The first-order valence-electron chi connectivity index (χ1n) is 8.75. The molecule has 0 spiro atoms. The molecule has 26 heavy (non-hydrogen) atoms. The quantitative estimate of drug-likeness (QED) is 0.532. The van der Waals surface area contributed by atoms with Crippen LogP contribution in [0.4, 0.5) is 10.5 Å². The summed E-state index contributed by atoms with van der Waals surface area (Å²) in [6.07, 6.45) is 1.74. The van der Waals surface area contributed by atoms with Crippen LogP contribution in [-0.2, 0) is 13.0 Å². The summed E-state index contributed by atoms with van der Waals surface area (Å²) in [6, 6.07) is 16.2. The van der Waals surface area contributed by atoms with E-state index < -0.39 is 4.33 Å². The Kier molecular flexibility index (Phi) is 5.09. The van der Waals surface area contributed by atoms with Crippen LogP contribution in [0.25, 0.3) is 0 Å². The van der Waals surface area contributed by atoms with Crippen LogP contribution in [0.1, 0.15) is 17.5 Å². The number of anilines is 1. The molecule has 1 aliphatic heterocycles. The number of nitrogens with one attached hydrogen (secondary N) is 1. The number of hydrogen-bond donors (Lipinski definition) is 1. The molecule has 2 aliphatic rings. The number of carbonyl (C=O) groups is 1. The summed E-state index contributed by atoms with van der Waals surface area (Å²) in [5.74, 6) is 1.18. The second-order valence-corrected chi connectivity index (χ2v) is 9.44. The Morgan fingerprint density at radius 1 is 1.15 bits per heavy atom. The minimum atomic E-state index is -0.563. The summed E-state index contributed by atoms with van der Waals surface area (Å²) in [7, 11) is 0. The van der Waals surface area contributed by atoms with Crippen molar-refractivity contribution >= 4 is 46.7 Å². The van der Waals surface area contributed by atoms with Crippen LogP contribution in [0.2, 0.25) is 0 Å². The van der Waals surface area contributed by atoms with Crippen LogP contribution < -0.4 is 5.32 Å². The van der Waals surface area contributed by atoms with Gasteiger partial charge in [0.2, 0.25) is 0 Å². The molecule has 0 bridgehead atoms. The summed E-state index contributed by atoms with van der Waals surface area (Å²) in [4.78, 5) is 15.7. The smallest absolute Gasteiger partial charge is 0.320 e. The molecular weight excluding hydrogens is 387 g/mol. The third-order valence-corrected chi connectivity index (χ3v) is 7.10. The number of rotatable bonds is 4. The van der Waals surface area contributed by atoms with E-state index in [4.69, 9.17) is 23.2 Å². The highest BCUT2D eigenvalue weighted by Gasteiger charge is 2.51. The van der Waals surface area contributed by atoms with Crippen molar-refractivity contribution < 1.29 is 4.79 Å². The normalized spacial score (nSPS) is 20.4. The first-order valence-corrected chi connectivity index (χ1v) is 10.5. The molecule has 1 saturated carbocycles. The van der Waals surface area contributed by atoms with Crippen molar-refractivity contribution in [2.24, 2.45) is 5.92 Å². The van der Waals surface area contributed by atoms with E-state index in [-0.39, 0.29) is 6.03 Å². The number of halogens is 2. The van der Waals surface area contributed by atoms with E-state index in [1.807, 2.05) is 35.2 Å². The minimum Gasteiger partial charge on any atom is -0.320 e. The number of para-hydroxylation sites is 1. The number of amides is 2. The van der Waals surface area contributed by atoms with Gasteiger partial charge < -0.3 is 10.2 Å². The Hall–Kier alpha value is -1.36. The summed E-state index contributed by atoms with van der Waals surface area (Å²) in [5.41, 5.74) is 3.41. The average Bonchev–Trinajstić information content (AvgIpc) is 3.27. The van der Waals surface area contributed by atoms with Crippen molar-refractivity contribution in [2.45, 2.75) is 28.6 Å². The molecule has 3 nitrogen and oxygen atoms in total. The lowest BCUT2D eigenvalue weighted by Gasteiger charge is -2.29. The van der Waals surface area contributed by atoms with Gasteiger partial charge in [-0.15, -0.1) is 35.0 Å². The van der Waals surface area contributed by atoms with E-state index in [1.54, 1.807) is 11.8 Å². The third-order valence-electron chi connectivity index (χ3n) is 4.94. The maximum Gasteiger partial charge on any atom is 0.322 e. The number of nitrogens with zero attached hydrogens (tertiary/aromatic N) is 1. The van der Waals surface area contributed by atoms with Gasteiger partial charge in [0, 0.05) is 29.7 Å². The zero-order valence-corrected chi connectivity index (χ0v) is 16.6. The van der Waals surface area contributed by atoms with E-state index in [0.717, 1.165) is 35.7 Å². The van der Waals surface area contributed by atoms with Gasteiger partial charge in [0.25, 0.3) is 0 Å². The lowest BCUT2D eigenvalue weighted by molar-refractivity contribution is 0.206. The number of hydrogen-bond acceptors (Lipinski definition) is 2. The zero-order chi connectivity index (χ0) is 18.1. The van der Waals surface area contributed by atoms with Gasteiger partial charge in [0.1, 0.15) is 4.33 Å². The molecule has 2 aromatic rings. The van der Waals surface area contributed by atoms with E-state index in [0.29, 0.717) is 12.5 Å². The average molecular weight is 407 g/mol. The molecular formula is C20H20Cl2N2OS. The fraction of sp³-hybridized carbons (Fsp3) is 0.350. The molecule has 1 atom stereocenters. The van der Waals surface area contributed by atoms with Crippen molar-refractivity contribution in [2.75, 3.05) is 17.6 Å². The fourth-order valence-corrected chi connectivity index (χ4v) is 5.14. The minimum absolute atomic E-state index is 0.0528. The Morgan fingerprint density at radius 2 is 1.85 bits per heavy atom. The molecule has 1 fully saturated rings. The predicted molar refractivity (Wildman–Crippen MR) is 109 cm³/mol. The number of benzene rings is 2. The Morgan fingerprint density at radius 3 is 2.62 bits per heavy atom. The molecule has 0 saturated heterocycles. The topological polar surface area (TPSA) is 32.3 Å². The van der Waals surface area contributed by atoms with Gasteiger partial charge >= 0.3 is 6.03 Å². The summed E-state index contributed by atoms with van der Waals surface area (Å²) >= 11 is 13.9. The van der Waals surface area contributed by atoms with Gasteiger partial charge in [0.05, 0.1) is 5.69 Å². The van der Waals surface area contributed by atoms with Crippen LogP contribution in [0.5, 0.6) is 0 Å². The van der Waals surface area contributed by atoms with E-state index in [9.17, 15) is 4.79 Å². The summed E-state index contributed by atoms with van der Waals surface area (Å²) < 4.78 is -0.563. The van der Waals surface area contributed by atoms with E-state index in [2.05, 4.69) is 23.5 Å². The summed E-state index contributed by atoms with van der Waals surface area (Å²) in [6.45, 7) is 1.39. The largest absolute Gasteiger partial charge is 0.322 e. The van der Waals surface area contributed by atoms with Crippen LogP contribution in [0, 0.1) is 5.92 Å². The number of thioether (sulfide) groups is 1. The predicted octanol–water partition coefficient (Wildman–Crippen LogP) is 5.56. The number of carbonyl (C=O) groups excluding carboxylic acids is 1. The zero-order valence-electron chi connectivity index (χ0n) is 14.3. The Bertz CT molecular complexity index is 827. The molecule has 4 rings (SSSR count). The number of urea groups is 1. The Labute approximate surface area is 168 Å². The van der Waals surface area contributed by atoms with Crippen LogP contribution in [-0.4, -0.2) is 27.6 Å². The third kappa shape index (κ3) is 3.98. The molecule has 1 heterocycles. The SMILES string of the molecule is O=C(Nc1ccccc1SCC1CC1(Cl)Cl)N1CCc2ccccc2C1. The maximum absolute atomic E-state index is 12.7. The van der Waals surface area contributed by atoms with E-state index in [1.165, 1.54) is 11.1 Å². The van der Waals surface area contributed by atoms with Crippen molar-refractivity contribution in [3.8, 4) is 0 Å². The highest BCUT2D eigenvalue weighted by molar-refractivity contribution is 7.99. The van der Waals surface area contributed by atoms with Crippen molar-refractivity contribution in [1.29, 1.82) is 0 Å². The Balaban J connectivity index is 1.40. The molecule has 6 heteroatoms. The van der Waals surface area contributed by atoms with Crippen LogP contribution >= 0.6 is 35.0 Å². The van der Waals surface area contributed by atoms with Crippen LogP contribution in [0.3, 0.4) is 0 Å². The highest BCUT2D eigenvalue weighted by atomic mass is 35.5. The molecule has 0 radical (unpaired) electrons. The molecule has 136 valence electrons. The highest BCUT2D eigenvalue weighted by Crippen LogP contribution is 2.55. The number of fused-ring (bicyclic) bond motifs is 1. The van der Waals surface area contributed by atoms with Crippen molar-refractivity contribution in [3.05, 3.63) is 59.7 Å². The molecule has 2 aromatic carbocycles. The molecule has 2 amide bonds. The monoisotopic (exact) mass is 406 g/mol. The first-order chi connectivity index (χ1) is 12.5. The van der Waals surface area contributed by atoms with E-state index >= 15 is 0 Å². The fourth-order valence-electron chi connectivity index (χ4n) is 3.20. The maximum atomic E-state index is 12.7. The molecule has 1 unspecified atom stereocenters. The second-order valence-electron chi connectivity index (χ2n) is 6.84. The van der Waals surface area contributed by atoms with Gasteiger partial charge in [-0.05, 0) is 36.1 Å². The molecule has 0 aromatic heterocycles. The molecule has 1 aliphatic carbocycles. The summed E-state index contributed by atoms with van der Waals surface area (Å²) in [5, 5.41) is 3.08. The lowest BCUT2D eigenvalue weighted by atomic mass is 10.0. The second kappa shape index (κ2) is 7.34. The first kappa shape index (κ1) is 18.0. The van der Waals surface area contributed by atoms with Gasteiger partial charge in [-0.25, -0.2) is 4.79 Å². The molecule has 1 N–H and O–H groups in total. The lowest BCUT2D eigenvalue weighted by Crippen LogP contribution is -2.38. The van der Waals surface area contributed by atoms with Crippen molar-refractivity contribution in [3.63, 3.8) is 0 Å². The number of alkyl halides is 2. The van der Waals surface area contributed by atoms with Crippen molar-refractivity contribution in [1.82, 2.24) is 4.90 Å².